The molecule has 0 heterocycles. The first-order valence-electron chi connectivity index (χ1n) is 16.5. The van der Waals surface area contributed by atoms with E-state index in [1.165, 1.54) is 80.3 Å². The highest BCUT2D eigenvalue weighted by atomic mass is 16.5. The second-order valence-electron chi connectivity index (χ2n) is 13.5. The van der Waals surface area contributed by atoms with Crippen LogP contribution in [0.15, 0.2) is 84.8 Å². The Hall–Kier alpha value is -2.32. The summed E-state index contributed by atoms with van der Waals surface area (Å²) < 4.78 is 5.68. The molecule has 2 saturated carbocycles. The molecule has 3 aliphatic rings. The van der Waals surface area contributed by atoms with E-state index in [1.54, 1.807) is 0 Å². The van der Waals surface area contributed by atoms with Crippen LogP contribution in [0.25, 0.3) is 0 Å². The highest BCUT2D eigenvalue weighted by Crippen LogP contribution is 2.52. The zero-order chi connectivity index (χ0) is 29.4. The molecule has 0 aliphatic heterocycles. The van der Waals surface area contributed by atoms with Gasteiger partial charge in [-0.2, -0.15) is 0 Å². The van der Waals surface area contributed by atoms with E-state index in [4.69, 9.17) is 11.3 Å². The van der Waals surface area contributed by atoms with Crippen molar-refractivity contribution in [2.75, 3.05) is 7.11 Å². The van der Waals surface area contributed by atoms with Crippen LogP contribution in [0.1, 0.15) is 110 Å². The van der Waals surface area contributed by atoms with Gasteiger partial charge in [-0.25, -0.2) is 0 Å². The minimum Gasteiger partial charge on any atom is -0.378 e. The van der Waals surface area contributed by atoms with Gasteiger partial charge in [0.1, 0.15) is 0 Å². The minimum atomic E-state index is 0.177. The maximum Gasteiger partial charge on any atom is 0.0683 e. The Labute approximate surface area is 252 Å². The van der Waals surface area contributed by atoms with Gasteiger partial charge in [0.15, 0.2) is 0 Å². The molecule has 0 bridgehead atoms. The van der Waals surface area contributed by atoms with Crippen LogP contribution in [-0.2, 0) is 11.2 Å². The van der Waals surface area contributed by atoms with E-state index in [-0.39, 0.29) is 11.6 Å². The predicted octanol–water partition coefficient (Wildman–Crippen LogP) is 10.8. The second kappa shape index (κ2) is 14.7. The Kier molecular flexibility index (Phi) is 11.4. The summed E-state index contributed by atoms with van der Waals surface area (Å²) in [5.74, 6) is 3.55. The van der Waals surface area contributed by atoms with Gasteiger partial charge in [-0.15, -0.1) is 0 Å². The fraction of sp³-hybridized carbons (Fsp3) is 0.590. The molecule has 0 spiro atoms. The third-order valence-electron chi connectivity index (χ3n) is 10.4. The van der Waals surface area contributed by atoms with E-state index in [2.05, 4.69) is 106 Å². The van der Waals surface area contributed by atoms with Gasteiger partial charge >= 0.3 is 0 Å². The first-order chi connectivity index (χ1) is 19.8. The molecule has 0 saturated heterocycles. The van der Waals surface area contributed by atoms with E-state index in [0.29, 0.717) is 11.8 Å². The van der Waals surface area contributed by atoms with Crippen LogP contribution >= 0.6 is 0 Å². The van der Waals surface area contributed by atoms with Crippen LogP contribution < -0.4 is 0 Å². The SMILES string of the molecule is C=C(C1CCCCC=CC1C)N(/C(C)=C/C=C\C/C=C/C)C(C)c1ccc(CC2CC2CCC2CC2(C)OC)cc1. The van der Waals surface area contributed by atoms with E-state index in [1.807, 2.05) is 7.11 Å². The number of ether oxygens (including phenoxy) is 1. The quantitative estimate of drug-likeness (QED) is 0.167. The Balaban J connectivity index is 1.42. The summed E-state index contributed by atoms with van der Waals surface area (Å²) in [5.41, 5.74) is 5.57. The minimum absolute atomic E-state index is 0.177. The normalized spacial score (nSPS) is 30.8. The lowest BCUT2D eigenvalue weighted by atomic mass is 9.83. The largest absolute Gasteiger partial charge is 0.378 e. The summed E-state index contributed by atoms with van der Waals surface area (Å²) >= 11 is 0. The Morgan fingerprint density at radius 1 is 1.15 bits per heavy atom. The van der Waals surface area contributed by atoms with Crippen LogP contribution in [0.4, 0.5) is 0 Å². The van der Waals surface area contributed by atoms with Crippen molar-refractivity contribution in [2.45, 2.75) is 110 Å². The summed E-state index contributed by atoms with van der Waals surface area (Å²) in [4.78, 5) is 2.52. The number of methoxy groups -OCH3 is 1. The van der Waals surface area contributed by atoms with Crippen molar-refractivity contribution in [3.8, 4) is 0 Å². The predicted molar refractivity (Wildman–Crippen MR) is 176 cm³/mol. The van der Waals surface area contributed by atoms with Crippen LogP contribution in [-0.4, -0.2) is 17.6 Å². The van der Waals surface area contributed by atoms with Gasteiger partial charge in [-0.05, 0) is 126 Å². The van der Waals surface area contributed by atoms with Gasteiger partial charge in [0.25, 0.3) is 0 Å². The smallest absolute Gasteiger partial charge is 0.0683 e. The number of nitrogens with zero attached hydrogens (tertiary/aromatic N) is 1. The molecule has 41 heavy (non-hydrogen) atoms. The van der Waals surface area contributed by atoms with E-state index < -0.39 is 0 Å². The lowest BCUT2D eigenvalue weighted by Crippen LogP contribution is -2.30. The molecule has 2 fully saturated rings. The van der Waals surface area contributed by atoms with Crippen LogP contribution in [0, 0.1) is 29.6 Å². The molecule has 7 unspecified atom stereocenters. The number of benzene rings is 1. The van der Waals surface area contributed by atoms with Crippen molar-refractivity contribution in [3.63, 3.8) is 0 Å². The molecule has 3 aliphatic carbocycles. The zero-order valence-electron chi connectivity index (χ0n) is 26.9. The van der Waals surface area contributed by atoms with Crippen molar-refractivity contribution in [3.05, 3.63) is 95.9 Å². The standard InChI is InChI=1S/C39H57NO/c1-8-9-10-11-15-18-30(3)40(32(5)38-19-16-13-12-14-17-29(38)2)31(4)34-22-20-33(21-23-34)26-36-27-35(36)24-25-37-28-39(37,6)41-7/h8-9,11,14-15,17-18,20-23,29,31,35-38H,5,10,12-13,16,19,24-28H2,1-4,6-7H3/b9-8+,15-11-,17-14?,30-18+. The van der Waals surface area contributed by atoms with Gasteiger partial charge in [-0.1, -0.05) is 80.6 Å². The fourth-order valence-corrected chi connectivity index (χ4v) is 7.15. The van der Waals surface area contributed by atoms with E-state index >= 15 is 0 Å². The average Bonchev–Trinajstić information content (AvgIpc) is 3.86. The molecule has 2 nitrogen and oxygen atoms in total. The molecule has 2 heteroatoms. The molecule has 7 atom stereocenters. The molecule has 1 aromatic carbocycles. The van der Waals surface area contributed by atoms with Crippen molar-refractivity contribution in [1.82, 2.24) is 4.90 Å². The van der Waals surface area contributed by atoms with Gasteiger partial charge < -0.3 is 9.64 Å². The lowest BCUT2D eigenvalue weighted by Gasteiger charge is -2.39. The van der Waals surface area contributed by atoms with Crippen molar-refractivity contribution < 1.29 is 4.74 Å². The maximum atomic E-state index is 5.68. The maximum absolute atomic E-state index is 5.68. The average molecular weight is 556 g/mol. The summed E-state index contributed by atoms with van der Waals surface area (Å²) in [6.45, 7) is 16.1. The Morgan fingerprint density at radius 3 is 2.63 bits per heavy atom. The number of hydrogen-bond acceptors (Lipinski definition) is 2. The second-order valence-corrected chi connectivity index (χ2v) is 13.5. The number of rotatable bonds is 14. The topological polar surface area (TPSA) is 12.5 Å². The fourth-order valence-electron chi connectivity index (χ4n) is 7.15. The van der Waals surface area contributed by atoms with Crippen molar-refractivity contribution in [1.29, 1.82) is 0 Å². The zero-order valence-corrected chi connectivity index (χ0v) is 26.9. The number of allylic oxidation sites excluding steroid dienone is 9. The van der Waals surface area contributed by atoms with E-state index in [0.717, 1.165) is 24.2 Å². The van der Waals surface area contributed by atoms with Crippen LogP contribution in [0.2, 0.25) is 0 Å². The molecule has 1 aromatic rings. The lowest BCUT2D eigenvalue weighted by molar-refractivity contribution is 0.0798. The Morgan fingerprint density at radius 2 is 1.93 bits per heavy atom. The molecule has 4 rings (SSSR count). The van der Waals surface area contributed by atoms with Gasteiger partial charge in [0, 0.05) is 24.4 Å². The third kappa shape index (κ3) is 8.60. The van der Waals surface area contributed by atoms with Crippen LogP contribution in [0.5, 0.6) is 0 Å². The molecular formula is C39H57NO. The van der Waals surface area contributed by atoms with Gasteiger partial charge in [0.05, 0.1) is 11.6 Å². The van der Waals surface area contributed by atoms with Crippen molar-refractivity contribution in [2.24, 2.45) is 29.6 Å². The highest BCUT2D eigenvalue weighted by molar-refractivity contribution is 5.29. The molecule has 0 aromatic heterocycles. The molecule has 224 valence electrons. The molecule has 0 radical (unpaired) electrons. The summed E-state index contributed by atoms with van der Waals surface area (Å²) in [7, 11) is 1.87. The summed E-state index contributed by atoms with van der Waals surface area (Å²) in [5, 5.41) is 0. The summed E-state index contributed by atoms with van der Waals surface area (Å²) in [6, 6.07) is 9.77. The molecule has 0 N–H and O–H groups in total. The summed E-state index contributed by atoms with van der Waals surface area (Å²) in [6.07, 6.45) is 28.4. The Bertz CT molecular complexity index is 1110. The van der Waals surface area contributed by atoms with Gasteiger partial charge in [0.2, 0.25) is 0 Å². The van der Waals surface area contributed by atoms with Gasteiger partial charge in [-0.3, -0.25) is 0 Å². The third-order valence-corrected chi connectivity index (χ3v) is 10.4. The molecule has 0 amide bonds. The highest BCUT2D eigenvalue weighted by Gasteiger charge is 2.51. The van der Waals surface area contributed by atoms with Crippen molar-refractivity contribution >= 4 is 0 Å². The first kappa shape index (κ1) is 31.6. The molecular weight excluding hydrogens is 498 g/mol. The van der Waals surface area contributed by atoms with E-state index in [9.17, 15) is 0 Å². The number of hydrogen-bond donors (Lipinski definition) is 0. The van der Waals surface area contributed by atoms with Crippen LogP contribution in [0.3, 0.4) is 0 Å². The first-order valence-corrected chi connectivity index (χ1v) is 16.5. The monoisotopic (exact) mass is 555 g/mol.